The van der Waals surface area contributed by atoms with E-state index in [9.17, 15) is 4.39 Å². The fraction of sp³-hybridized carbons (Fsp3) is 0.364. The summed E-state index contributed by atoms with van der Waals surface area (Å²) < 4.78 is 13.5. The molecule has 78 valence electrons. The normalized spacial score (nSPS) is 17.1. The first-order valence-electron chi connectivity index (χ1n) is 4.81. The summed E-state index contributed by atoms with van der Waals surface area (Å²) in [5.41, 5.74) is 0.369. The monoisotopic (exact) mass is 224 g/mol. The molecule has 0 spiro atoms. The van der Waals surface area contributed by atoms with E-state index in [1.807, 2.05) is 0 Å². The number of nitrogens with zero attached hydrogens (tertiary/aromatic N) is 1. The molecule has 0 amide bonds. The zero-order chi connectivity index (χ0) is 10.8. The van der Waals surface area contributed by atoms with E-state index in [1.54, 1.807) is 12.1 Å². The van der Waals surface area contributed by atoms with Gasteiger partial charge in [-0.05, 0) is 25.0 Å². The summed E-state index contributed by atoms with van der Waals surface area (Å²) in [7, 11) is 0. The second-order valence-corrected chi connectivity index (χ2v) is 4.11. The van der Waals surface area contributed by atoms with Crippen LogP contribution in [0.1, 0.15) is 24.4 Å². The predicted molar refractivity (Wildman–Crippen MR) is 55.9 cm³/mol. The molecule has 0 heterocycles. The maximum absolute atomic E-state index is 13.5. The molecule has 1 saturated carbocycles. The van der Waals surface area contributed by atoms with Crippen LogP contribution in [0.3, 0.4) is 0 Å². The number of nitriles is 1. The van der Waals surface area contributed by atoms with Crippen LogP contribution in [0.15, 0.2) is 18.2 Å². The Morgan fingerprint density at radius 1 is 1.53 bits per heavy atom. The van der Waals surface area contributed by atoms with Crippen molar-refractivity contribution in [2.45, 2.75) is 24.9 Å². The third-order valence-corrected chi connectivity index (χ3v) is 2.62. The minimum absolute atomic E-state index is 0.347. The van der Waals surface area contributed by atoms with Gasteiger partial charge in [0, 0.05) is 16.6 Å². The second-order valence-electron chi connectivity index (χ2n) is 3.67. The van der Waals surface area contributed by atoms with Crippen molar-refractivity contribution in [3.8, 4) is 6.07 Å². The smallest absolute Gasteiger partial charge is 0.130 e. The summed E-state index contributed by atoms with van der Waals surface area (Å²) >= 11 is 5.64. The van der Waals surface area contributed by atoms with Crippen molar-refractivity contribution in [3.05, 3.63) is 34.6 Å². The average Bonchev–Trinajstić information content (AvgIpc) is 2.99. The van der Waals surface area contributed by atoms with Crippen molar-refractivity contribution >= 4 is 11.6 Å². The summed E-state index contributed by atoms with van der Waals surface area (Å²) in [6, 6.07) is 6.23. The number of nitrogens with one attached hydrogen (secondary N) is 1. The highest BCUT2D eigenvalue weighted by Gasteiger charge is 2.26. The molecule has 0 saturated heterocycles. The number of hydrogen-bond acceptors (Lipinski definition) is 2. The molecule has 1 unspecified atom stereocenters. The lowest BCUT2D eigenvalue weighted by molar-refractivity contribution is 0.560. The fourth-order valence-corrected chi connectivity index (χ4v) is 1.58. The number of hydrogen-bond donors (Lipinski definition) is 1. The van der Waals surface area contributed by atoms with Gasteiger partial charge in [-0.15, -0.1) is 0 Å². The highest BCUT2D eigenvalue weighted by atomic mass is 35.5. The molecule has 15 heavy (non-hydrogen) atoms. The van der Waals surface area contributed by atoms with Crippen LogP contribution in [0.2, 0.25) is 5.02 Å². The topological polar surface area (TPSA) is 35.8 Å². The van der Waals surface area contributed by atoms with E-state index in [0.717, 1.165) is 12.8 Å². The zero-order valence-electron chi connectivity index (χ0n) is 8.00. The molecule has 0 bridgehead atoms. The maximum Gasteiger partial charge on any atom is 0.130 e. The molecule has 4 heteroatoms. The molecule has 1 aromatic rings. The largest absolute Gasteiger partial charge is 0.295 e. The van der Waals surface area contributed by atoms with E-state index in [-0.39, 0.29) is 0 Å². The maximum atomic E-state index is 13.5. The Hall–Kier alpha value is -1.11. The van der Waals surface area contributed by atoms with Crippen LogP contribution in [-0.2, 0) is 0 Å². The van der Waals surface area contributed by atoms with Gasteiger partial charge in [-0.1, -0.05) is 17.7 Å². The van der Waals surface area contributed by atoms with E-state index in [0.29, 0.717) is 16.6 Å². The van der Waals surface area contributed by atoms with E-state index in [2.05, 4.69) is 11.4 Å². The summed E-state index contributed by atoms with van der Waals surface area (Å²) in [4.78, 5) is 0. The molecular weight excluding hydrogens is 215 g/mol. The van der Waals surface area contributed by atoms with Crippen molar-refractivity contribution in [1.29, 1.82) is 5.26 Å². The van der Waals surface area contributed by atoms with Gasteiger partial charge in [-0.2, -0.15) is 5.26 Å². The predicted octanol–water partition coefficient (Wildman–Crippen LogP) is 2.80. The van der Waals surface area contributed by atoms with Gasteiger partial charge in [-0.25, -0.2) is 4.39 Å². The van der Waals surface area contributed by atoms with Gasteiger partial charge in [0.1, 0.15) is 11.9 Å². The van der Waals surface area contributed by atoms with Gasteiger partial charge < -0.3 is 0 Å². The molecule has 2 nitrogen and oxygen atoms in total. The molecule has 1 aliphatic carbocycles. The van der Waals surface area contributed by atoms with Crippen molar-refractivity contribution in [1.82, 2.24) is 5.32 Å². The molecule has 1 N–H and O–H groups in total. The van der Waals surface area contributed by atoms with Gasteiger partial charge in [0.15, 0.2) is 0 Å². The minimum Gasteiger partial charge on any atom is -0.295 e. The van der Waals surface area contributed by atoms with Crippen LogP contribution in [-0.4, -0.2) is 6.04 Å². The number of rotatable bonds is 3. The third-order valence-electron chi connectivity index (χ3n) is 2.38. The molecule has 1 aromatic carbocycles. The summed E-state index contributed by atoms with van der Waals surface area (Å²) in [5.74, 6) is -0.429. The zero-order valence-corrected chi connectivity index (χ0v) is 8.76. The Labute approximate surface area is 92.7 Å². The van der Waals surface area contributed by atoms with Gasteiger partial charge in [0.05, 0.1) is 6.07 Å². The summed E-state index contributed by atoms with van der Waals surface area (Å²) in [6.07, 6.45) is 2.13. The standard InChI is InChI=1S/C11H10ClFN2/c12-7-1-4-9(10(13)5-7)11(6-14)15-8-2-3-8/h1,4-5,8,11,15H,2-3H2. The summed E-state index contributed by atoms with van der Waals surface area (Å²) in [5, 5.41) is 12.4. The Bertz CT molecular complexity index is 410. The van der Waals surface area contributed by atoms with Gasteiger partial charge in [0.2, 0.25) is 0 Å². The van der Waals surface area contributed by atoms with Gasteiger partial charge in [0.25, 0.3) is 0 Å². The SMILES string of the molecule is N#CC(NC1CC1)c1ccc(Cl)cc1F. The van der Waals surface area contributed by atoms with Crippen LogP contribution >= 0.6 is 11.6 Å². The first-order chi connectivity index (χ1) is 7.20. The Morgan fingerprint density at radius 2 is 2.27 bits per heavy atom. The molecule has 1 fully saturated rings. The van der Waals surface area contributed by atoms with Crippen molar-refractivity contribution < 1.29 is 4.39 Å². The summed E-state index contributed by atoms with van der Waals surface area (Å²) in [6.45, 7) is 0. The lowest BCUT2D eigenvalue weighted by Crippen LogP contribution is -2.22. The third kappa shape index (κ3) is 2.47. The first kappa shape index (κ1) is 10.4. The molecule has 0 aliphatic heterocycles. The van der Waals surface area contributed by atoms with Crippen molar-refractivity contribution in [2.24, 2.45) is 0 Å². The fourth-order valence-electron chi connectivity index (χ4n) is 1.42. The van der Waals surface area contributed by atoms with E-state index in [1.165, 1.54) is 6.07 Å². The van der Waals surface area contributed by atoms with E-state index < -0.39 is 11.9 Å². The van der Waals surface area contributed by atoms with Crippen LogP contribution in [0.4, 0.5) is 4.39 Å². The quantitative estimate of drug-likeness (QED) is 0.857. The van der Waals surface area contributed by atoms with E-state index in [4.69, 9.17) is 16.9 Å². The number of halogens is 2. The minimum atomic E-state index is -0.574. The highest BCUT2D eigenvalue weighted by Crippen LogP contribution is 2.26. The molecule has 2 rings (SSSR count). The van der Waals surface area contributed by atoms with Crippen LogP contribution < -0.4 is 5.32 Å². The second kappa shape index (κ2) is 4.18. The first-order valence-corrected chi connectivity index (χ1v) is 5.19. The molecule has 0 radical (unpaired) electrons. The Balaban J connectivity index is 2.21. The lowest BCUT2D eigenvalue weighted by Gasteiger charge is -2.11. The highest BCUT2D eigenvalue weighted by molar-refractivity contribution is 6.30. The average molecular weight is 225 g/mol. The van der Waals surface area contributed by atoms with E-state index >= 15 is 0 Å². The van der Waals surface area contributed by atoms with Crippen molar-refractivity contribution in [3.63, 3.8) is 0 Å². The lowest BCUT2D eigenvalue weighted by atomic mass is 10.1. The van der Waals surface area contributed by atoms with Gasteiger partial charge in [-0.3, -0.25) is 5.32 Å². The molecule has 1 aliphatic rings. The molecule has 1 atom stereocenters. The van der Waals surface area contributed by atoms with Crippen molar-refractivity contribution in [2.75, 3.05) is 0 Å². The Morgan fingerprint density at radius 3 is 2.80 bits per heavy atom. The van der Waals surface area contributed by atoms with Crippen LogP contribution in [0.5, 0.6) is 0 Å². The molecule has 0 aromatic heterocycles. The number of benzene rings is 1. The van der Waals surface area contributed by atoms with Crippen LogP contribution in [0.25, 0.3) is 0 Å². The van der Waals surface area contributed by atoms with Crippen LogP contribution in [0, 0.1) is 17.1 Å². The van der Waals surface area contributed by atoms with Gasteiger partial charge >= 0.3 is 0 Å². The molecular formula is C11H10ClFN2. The Kier molecular flexibility index (Phi) is 2.90.